The largest absolute Gasteiger partial charge is 0.271 e. The van der Waals surface area contributed by atoms with Crippen molar-refractivity contribution in [1.29, 1.82) is 0 Å². The quantitative estimate of drug-likeness (QED) is 0.393. The molecule has 0 amide bonds. The molecule has 0 spiro atoms. The highest BCUT2D eigenvalue weighted by molar-refractivity contribution is 14.2. The van der Waals surface area contributed by atoms with Crippen LogP contribution in [0.1, 0.15) is 32.0 Å². The zero-order valence-corrected chi connectivity index (χ0v) is 15.8. The highest BCUT2D eigenvalue weighted by Gasteiger charge is 2.29. The van der Waals surface area contributed by atoms with Crippen LogP contribution >= 0.6 is 44.3 Å². The van der Waals surface area contributed by atoms with Crippen molar-refractivity contribution < 1.29 is 8.78 Å². The summed E-state index contributed by atoms with van der Waals surface area (Å²) < 4.78 is 29.6. The van der Waals surface area contributed by atoms with Crippen molar-refractivity contribution in [3.8, 4) is 0 Å². The van der Waals surface area contributed by atoms with E-state index in [9.17, 15) is 8.78 Å². The molecule has 1 unspecified atom stereocenters. The molecule has 1 heterocycles. The molecule has 106 valence electrons. The van der Waals surface area contributed by atoms with Gasteiger partial charge in [0.1, 0.15) is 0 Å². The van der Waals surface area contributed by atoms with Crippen LogP contribution < -0.4 is 0 Å². The van der Waals surface area contributed by atoms with Gasteiger partial charge in [0.25, 0.3) is 5.92 Å². The van der Waals surface area contributed by atoms with E-state index in [1.807, 2.05) is 19.9 Å². The number of hydrogen-bond acceptors (Lipinski definition) is 1. The summed E-state index contributed by atoms with van der Waals surface area (Å²) in [5.41, 5.74) is 1.43. The van der Waals surface area contributed by atoms with Crippen LogP contribution in [0.4, 0.5) is 8.78 Å². The average Bonchev–Trinajstić information content (AvgIpc) is 2.66. The van der Waals surface area contributed by atoms with E-state index in [4.69, 9.17) is 0 Å². The molecular formula is C12H15BrF2IN2P. The van der Waals surface area contributed by atoms with Gasteiger partial charge < -0.3 is 0 Å². The number of fused-ring (bicyclic) bond motifs is 1. The normalized spacial score (nSPS) is 12.0. The molecule has 0 aliphatic carbocycles. The van der Waals surface area contributed by atoms with Crippen molar-refractivity contribution in [2.75, 3.05) is 0 Å². The maximum absolute atomic E-state index is 13.6. The second kappa shape index (κ2) is 6.76. The Morgan fingerprint density at radius 3 is 2.42 bits per heavy atom. The van der Waals surface area contributed by atoms with Crippen molar-refractivity contribution in [2.45, 2.75) is 33.6 Å². The number of benzene rings is 1. The van der Waals surface area contributed by atoms with Crippen LogP contribution in [0, 0.1) is 6.92 Å². The lowest BCUT2D eigenvalue weighted by Crippen LogP contribution is -2.07. The first-order valence-corrected chi connectivity index (χ1v) is 10.6. The minimum atomic E-state index is -2.87. The van der Waals surface area contributed by atoms with Crippen LogP contribution in [0.2, 0.25) is 0 Å². The van der Waals surface area contributed by atoms with Gasteiger partial charge in [0.05, 0.1) is 17.6 Å². The molecule has 0 N–H and O–H groups in total. The number of aromatic nitrogens is 2. The Bertz CT molecular complexity index is 581. The first kappa shape index (κ1) is 17.2. The molecule has 0 bridgehead atoms. The number of rotatable bonds is 2. The van der Waals surface area contributed by atoms with Gasteiger partial charge in [-0.15, -0.1) is 0 Å². The van der Waals surface area contributed by atoms with Crippen LogP contribution in [0.25, 0.3) is 10.9 Å². The lowest BCUT2D eigenvalue weighted by molar-refractivity contribution is 0.0190. The fourth-order valence-electron chi connectivity index (χ4n) is 1.80. The van der Waals surface area contributed by atoms with Crippen LogP contribution in [0.3, 0.4) is 0 Å². The molecule has 19 heavy (non-hydrogen) atoms. The summed E-state index contributed by atoms with van der Waals surface area (Å²) in [4.78, 5) is 0. The summed E-state index contributed by atoms with van der Waals surface area (Å²) in [5, 5.41) is 4.85. The van der Waals surface area contributed by atoms with Gasteiger partial charge in [-0.1, -0.05) is 29.8 Å². The summed E-state index contributed by atoms with van der Waals surface area (Å²) in [7, 11) is 0. The minimum absolute atomic E-state index is 0.0280. The van der Waals surface area contributed by atoms with Gasteiger partial charge in [0, 0.05) is 22.3 Å². The highest BCUT2D eigenvalue weighted by atomic mass is 127. The fourth-order valence-corrected chi connectivity index (χ4v) is 3.81. The summed E-state index contributed by atoms with van der Waals surface area (Å²) in [6.07, 6.45) is 0.391. The zero-order chi connectivity index (χ0) is 14.8. The summed E-state index contributed by atoms with van der Waals surface area (Å²) in [6.45, 7) is 6.68. The first-order valence-electron chi connectivity index (χ1n) is 5.78. The number of nitrogens with zero attached hydrogens (tertiary/aromatic N) is 2. The maximum Gasteiger partial charge on any atom is 0.271 e. The molecule has 7 heteroatoms. The van der Waals surface area contributed by atoms with E-state index in [2.05, 4.69) is 43.1 Å². The van der Waals surface area contributed by atoms with Crippen molar-refractivity contribution in [2.24, 2.45) is 0 Å². The fraction of sp³-hybridized carbons (Fsp3) is 0.417. The second-order valence-electron chi connectivity index (χ2n) is 3.82. The van der Waals surface area contributed by atoms with Gasteiger partial charge in [-0.25, -0.2) is 13.2 Å². The molecule has 0 fully saturated rings. The number of hydrogen-bond donors (Lipinski definition) is 0. The molecule has 2 aromatic rings. The van der Waals surface area contributed by atoms with Gasteiger partial charge >= 0.3 is 0 Å². The van der Waals surface area contributed by atoms with E-state index in [1.54, 1.807) is 11.4 Å². The molecule has 2 rings (SSSR count). The van der Waals surface area contributed by atoms with E-state index in [1.165, 1.54) is 6.07 Å². The van der Waals surface area contributed by atoms with Crippen LogP contribution in [0.15, 0.2) is 16.6 Å². The predicted molar refractivity (Wildman–Crippen MR) is 90.8 cm³/mol. The summed E-state index contributed by atoms with van der Waals surface area (Å²) in [6, 6.07) is 3.30. The Hall–Kier alpha value is 0.190. The summed E-state index contributed by atoms with van der Waals surface area (Å²) >= 11 is 5.46. The van der Waals surface area contributed by atoms with Crippen molar-refractivity contribution in [3.63, 3.8) is 0 Å². The monoisotopic (exact) mass is 462 g/mol. The third-order valence-electron chi connectivity index (χ3n) is 2.48. The average molecular weight is 463 g/mol. The Balaban J connectivity index is 0.000000861. The SMILES string of the molecule is CC.Cc1nn(PI)c2cc(Br)cc(C(C)(F)F)c12. The smallest absolute Gasteiger partial charge is 0.237 e. The molecule has 1 aromatic heterocycles. The molecule has 0 aliphatic heterocycles. The van der Waals surface area contributed by atoms with E-state index >= 15 is 0 Å². The lowest BCUT2D eigenvalue weighted by atomic mass is 10.0. The lowest BCUT2D eigenvalue weighted by Gasteiger charge is -2.13. The van der Waals surface area contributed by atoms with Crippen LogP contribution in [-0.2, 0) is 5.92 Å². The van der Waals surface area contributed by atoms with Crippen LogP contribution in [0.5, 0.6) is 0 Å². The topological polar surface area (TPSA) is 17.8 Å². The first-order chi connectivity index (χ1) is 8.84. The zero-order valence-electron chi connectivity index (χ0n) is 11.1. The van der Waals surface area contributed by atoms with Gasteiger partial charge in [-0.3, -0.25) is 0 Å². The van der Waals surface area contributed by atoms with Crippen LogP contribution in [-0.4, -0.2) is 9.55 Å². The van der Waals surface area contributed by atoms with E-state index in [0.29, 0.717) is 21.9 Å². The molecule has 1 aromatic carbocycles. The van der Waals surface area contributed by atoms with Crippen molar-refractivity contribution in [3.05, 3.63) is 27.9 Å². The van der Waals surface area contributed by atoms with Crippen molar-refractivity contribution in [1.82, 2.24) is 9.55 Å². The maximum atomic E-state index is 13.6. The Kier molecular flexibility index (Phi) is 6.14. The minimum Gasteiger partial charge on any atom is -0.237 e. The Morgan fingerprint density at radius 2 is 1.95 bits per heavy atom. The highest BCUT2D eigenvalue weighted by Crippen LogP contribution is 2.39. The Labute approximate surface area is 134 Å². The second-order valence-corrected chi connectivity index (χ2v) is 6.77. The predicted octanol–water partition coefficient (Wildman–Crippen LogP) is 6.04. The van der Waals surface area contributed by atoms with Gasteiger partial charge in [-0.05, 0) is 41.1 Å². The molecule has 0 aliphatic rings. The van der Waals surface area contributed by atoms with Crippen molar-refractivity contribution >= 4 is 55.2 Å². The van der Waals surface area contributed by atoms with Gasteiger partial charge in [0.15, 0.2) is 0 Å². The molecule has 1 atom stereocenters. The molecular weight excluding hydrogens is 448 g/mol. The summed E-state index contributed by atoms with van der Waals surface area (Å²) in [5.74, 6) is -2.87. The third-order valence-corrected chi connectivity index (χ3v) is 4.81. The molecule has 0 saturated heterocycles. The van der Waals surface area contributed by atoms with E-state index < -0.39 is 5.92 Å². The third kappa shape index (κ3) is 3.64. The number of alkyl halides is 2. The van der Waals surface area contributed by atoms with Gasteiger partial charge in [0.2, 0.25) is 0 Å². The van der Waals surface area contributed by atoms with E-state index in [-0.39, 0.29) is 5.56 Å². The standard InChI is InChI=1S/C10H9BrF2IN2P.C2H6/c1-5-9-7(10(2,12)13)3-6(11)4-8(9)16(15-5)17-14;1-2/h3-4,17H,1-2H3;1-2H3. The van der Waals surface area contributed by atoms with Gasteiger partial charge in [-0.2, -0.15) is 5.10 Å². The number of halogens is 4. The van der Waals surface area contributed by atoms with E-state index in [0.717, 1.165) is 12.4 Å². The molecule has 0 radical (unpaired) electrons. The molecule has 2 nitrogen and oxygen atoms in total. The number of aryl methyl sites for hydroxylation is 1. The Morgan fingerprint density at radius 1 is 1.37 bits per heavy atom. The molecule has 0 saturated carbocycles.